The summed E-state index contributed by atoms with van der Waals surface area (Å²) in [5, 5.41) is 3.26. The fourth-order valence-corrected chi connectivity index (χ4v) is 3.94. The molecule has 0 bridgehead atoms. The van der Waals surface area contributed by atoms with Gasteiger partial charge in [-0.15, -0.1) is 11.3 Å². The van der Waals surface area contributed by atoms with Gasteiger partial charge in [-0.3, -0.25) is 4.79 Å². The van der Waals surface area contributed by atoms with E-state index in [0.717, 1.165) is 29.0 Å². The van der Waals surface area contributed by atoms with Gasteiger partial charge in [0, 0.05) is 32.7 Å². The first-order valence-corrected chi connectivity index (χ1v) is 8.06. The molecular weight excluding hydrogens is 302 g/mol. The van der Waals surface area contributed by atoms with Gasteiger partial charge >= 0.3 is 0 Å². The van der Waals surface area contributed by atoms with Crippen molar-refractivity contribution in [2.24, 2.45) is 0 Å². The second-order valence-electron chi connectivity index (χ2n) is 5.12. The minimum absolute atomic E-state index is 0.0583. The van der Waals surface area contributed by atoms with Gasteiger partial charge < -0.3 is 4.90 Å². The van der Waals surface area contributed by atoms with Gasteiger partial charge in [0.05, 0.1) is 5.69 Å². The topological polar surface area (TPSA) is 20.3 Å². The number of rotatable bonds is 1. The van der Waals surface area contributed by atoms with Gasteiger partial charge in [0.25, 0.3) is 0 Å². The molecule has 0 radical (unpaired) electrons. The van der Waals surface area contributed by atoms with Crippen LogP contribution in [0, 0.1) is 0 Å². The molecule has 0 atom stereocenters. The van der Waals surface area contributed by atoms with E-state index in [1.54, 1.807) is 17.4 Å². The fraction of sp³-hybridized carbons (Fsp3) is 0.118. The predicted octanol–water partition coefficient (Wildman–Crippen LogP) is 4.61. The number of fused-ring (bicyclic) bond motifs is 2. The molecule has 1 aliphatic rings. The van der Waals surface area contributed by atoms with E-state index >= 15 is 0 Å². The van der Waals surface area contributed by atoms with Crippen LogP contribution in [0.4, 0.5) is 11.4 Å². The Labute approximate surface area is 131 Å². The quantitative estimate of drug-likeness (QED) is 0.654. The second-order valence-corrected chi connectivity index (χ2v) is 6.47. The number of anilines is 2. The highest BCUT2D eigenvalue weighted by Gasteiger charge is 2.22. The van der Waals surface area contributed by atoms with E-state index in [4.69, 9.17) is 11.6 Å². The first-order chi connectivity index (χ1) is 10.2. The molecule has 0 saturated carbocycles. The van der Waals surface area contributed by atoms with Crippen molar-refractivity contribution in [3.8, 4) is 0 Å². The van der Waals surface area contributed by atoms with E-state index in [9.17, 15) is 4.79 Å². The number of hydrogen-bond acceptors (Lipinski definition) is 3. The molecule has 0 saturated heterocycles. The van der Waals surface area contributed by atoms with Crippen LogP contribution in [0.15, 0.2) is 52.6 Å². The summed E-state index contributed by atoms with van der Waals surface area (Å²) in [4.78, 5) is 14.9. The largest absolute Gasteiger partial charge is 0.337 e. The summed E-state index contributed by atoms with van der Waals surface area (Å²) in [5.74, 6) is 0. The third-order valence-corrected chi connectivity index (χ3v) is 5.08. The molecule has 1 aliphatic heterocycles. The van der Waals surface area contributed by atoms with Crippen LogP contribution in [0.25, 0.3) is 10.1 Å². The van der Waals surface area contributed by atoms with E-state index in [-0.39, 0.29) is 5.43 Å². The fourth-order valence-electron chi connectivity index (χ4n) is 2.87. The average molecular weight is 314 g/mol. The number of halogens is 1. The number of benzene rings is 2. The minimum Gasteiger partial charge on any atom is -0.337 e. The Kier molecular flexibility index (Phi) is 2.98. The van der Waals surface area contributed by atoms with Crippen molar-refractivity contribution < 1.29 is 0 Å². The van der Waals surface area contributed by atoms with Gasteiger partial charge in [-0.2, -0.15) is 0 Å². The van der Waals surface area contributed by atoms with E-state index in [0.29, 0.717) is 10.4 Å². The molecule has 4 rings (SSSR count). The van der Waals surface area contributed by atoms with E-state index in [1.807, 2.05) is 29.6 Å². The zero-order chi connectivity index (χ0) is 14.4. The Balaban J connectivity index is 1.93. The summed E-state index contributed by atoms with van der Waals surface area (Å²) >= 11 is 7.62. The molecule has 2 heterocycles. The monoisotopic (exact) mass is 313 g/mol. The first-order valence-electron chi connectivity index (χ1n) is 6.80. The molecule has 4 heteroatoms. The van der Waals surface area contributed by atoms with Crippen LogP contribution < -0.4 is 10.3 Å². The van der Waals surface area contributed by atoms with Crippen molar-refractivity contribution >= 4 is 44.4 Å². The summed E-state index contributed by atoms with van der Waals surface area (Å²) in [6.45, 7) is 0.855. The Bertz CT molecular complexity index is 903. The Morgan fingerprint density at radius 1 is 1.10 bits per heavy atom. The van der Waals surface area contributed by atoms with Crippen LogP contribution in [-0.2, 0) is 6.42 Å². The van der Waals surface area contributed by atoms with Crippen LogP contribution in [-0.4, -0.2) is 6.54 Å². The highest BCUT2D eigenvalue weighted by molar-refractivity contribution is 7.16. The standard InChI is InChI=1S/C17H12ClNOS/c18-12-5-6-16-13(9-12)17(20)15(10-21-16)19-8-7-11-3-1-2-4-14(11)19/h1-6,9-10H,7-8H2. The molecule has 2 nitrogen and oxygen atoms in total. The van der Waals surface area contributed by atoms with Crippen molar-refractivity contribution in [2.45, 2.75) is 6.42 Å². The lowest BCUT2D eigenvalue weighted by molar-refractivity contribution is 0.997. The summed E-state index contributed by atoms with van der Waals surface area (Å²) in [7, 11) is 0. The van der Waals surface area contributed by atoms with Crippen LogP contribution >= 0.6 is 22.9 Å². The Morgan fingerprint density at radius 3 is 2.86 bits per heavy atom. The van der Waals surface area contributed by atoms with Crippen molar-refractivity contribution in [1.29, 1.82) is 0 Å². The lowest BCUT2D eigenvalue weighted by Crippen LogP contribution is -2.20. The minimum atomic E-state index is 0.0583. The van der Waals surface area contributed by atoms with E-state index in [2.05, 4.69) is 17.0 Å². The summed E-state index contributed by atoms with van der Waals surface area (Å²) in [5.41, 5.74) is 3.25. The Morgan fingerprint density at radius 2 is 1.95 bits per heavy atom. The molecular formula is C17H12ClNOS. The maximum Gasteiger partial charge on any atom is 0.211 e. The molecule has 0 aliphatic carbocycles. The van der Waals surface area contributed by atoms with Crippen LogP contribution in [0.1, 0.15) is 5.56 Å². The van der Waals surface area contributed by atoms with Gasteiger partial charge in [-0.25, -0.2) is 0 Å². The first kappa shape index (κ1) is 12.9. The van der Waals surface area contributed by atoms with Gasteiger partial charge in [0.1, 0.15) is 0 Å². The van der Waals surface area contributed by atoms with E-state index in [1.165, 1.54) is 5.56 Å². The molecule has 0 unspecified atom stereocenters. The zero-order valence-corrected chi connectivity index (χ0v) is 12.7. The van der Waals surface area contributed by atoms with Crippen molar-refractivity contribution in [3.63, 3.8) is 0 Å². The average Bonchev–Trinajstić information content (AvgIpc) is 2.92. The van der Waals surface area contributed by atoms with Gasteiger partial charge in [-0.1, -0.05) is 29.8 Å². The molecule has 3 aromatic rings. The van der Waals surface area contributed by atoms with Crippen LogP contribution in [0.2, 0.25) is 5.02 Å². The molecule has 21 heavy (non-hydrogen) atoms. The normalized spacial score (nSPS) is 13.7. The molecule has 104 valence electrons. The molecule has 0 spiro atoms. The van der Waals surface area contributed by atoms with Gasteiger partial charge in [-0.05, 0) is 36.2 Å². The van der Waals surface area contributed by atoms with Gasteiger partial charge in [0.2, 0.25) is 5.43 Å². The third kappa shape index (κ3) is 2.04. The van der Waals surface area contributed by atoms with Crippen molar-refractivity contribution in [3.05, 3.63) is 68.7 Å². The maximum atomic E-state index is 12.8. The van der Waals surface area contributed by atoms with E-state index < -0.39 is 0 Å². The van der Waals surface area contributed by atoms with Gasteiger partial charge in [0.15, 0.2) is 0 Å². The molecule has 0 N–H and O–H groups in total. The molecule has 0 fully saturated rings. The van der Waals surface area contributed by atoms with Crippen LogP contribution in [0.3, 0.4) is 0 Å². The second kappa shape index (κ2) is 4.86. The van der Waals surface area contributed by atoms with Crippen molar-refractivity contribution in [2.75, 3.05) is 11.4 Å². The number of para-hydroxylation sites is 1. The lowest BCUT2D eigenvalue weighted by atomic mass is 10.2. The van der Waals surface area contributed by atoms with Crippen LogP contribution in [0.5, 0.6) is 0 Å². The number of hydrogen-bond donors (Lipinski definition) is 0. The molecule has 1 aromatic heterocycles. The molecule has 0 amide bonds. The predicted molar refractivity (Wildman–Crippen MR) is 90.3 cm³/mol. The maximum absolute atomic E-state index is 12.8. The lowest BCUT2D eigenvalue weighted by Gasteiger charge is -2.18. The highest BCUT2D eigenvalue weighted by Crippen LogP contribution is 2.34. The summed E-state index contributed by atoms with van der Waals surface area (Å²) in [6.07, 6.45) is 0.980. The third-order valence-electron chi connectivity index (χ3n) is 3.89. The smallest absolute Gasteiger partial charge is 0.211 e. The van der Waals surface area contributed by atoms with Crippen molar-refractivity contribution in [1.82, 2.24) is 0 Å². The SMILES string of the molecule is O=c1c(N2CCc3ccccc32)csc2ccc(Cl)cc12. The summed E-state index contributed by atoms with van der Waals surface area (Å²) < 4.78 is 0.973. The molecule has 2 aromatic carbocycles. The highest BCUT2D eigenvalue weighted by atomic mass is 35.5. The number of nitrogens with zero attached hydrogens (tertiary/aromatic N) is 1. The Hall–Kier alpha value is -1.84. The zero-order valence-electron chi connectivity index (χ0n) is 11.2. The summed E-state index contributed by atoms with van der Waals surface area (Å²) in [6, 6.07) is 13.8.